The van der Waals surface area contributed by atoms with Crippen LogP contribution in [0.3, 0.4) is 0 Å². The summed E-state index contributed by atoms with van der Waals surface area (Å²) in [6.07, 6.45) is -0.524. The van der Waals surface area contributed by atoms with Crippen LogP contribution in [0.2, 0.25) is 0 Å². The second kappa shape index (κ2) is 12.3. The zero-order valence-electron chi connectivity index (χ0n) is 22.1. The van der Waals surface area contributed by atoms with Crippen LogP contribution in [0.5, 0.6) is 0 Å². The Morgan fingerprint density at radius 2 is 1.55 bits per heavy atom. The third-order valence-electron chi connectivity index (χ3n) is 6.77. The van der Waals surface area contributed by atoms with E-state index in [0.717, 1.165) is 16.7 Å². The van der Waals surface area contributed by atoms with Gasteiger partial charge in [-0.05, 0) is 23.6 Å². The molecule has 1 N–H and O–H groups in total. The SMILES string of the molecule is C=C(OCC)C1=C(C(=O)OC(c2ccccc2)c2ccccc2)N2C(=O)C(NC(=O)Cc3ccccc3)[C@H]2SC1. The molecule has 0 saturated carbocycles. The predicted molar refractivity (Wildman–Crippen MR) is 154 cm³/mol. The standard InChI is InChI=1S/C32H30N2O5S/c1-3-38-21(2)25-20-40-31-27(33-26(35)19-22-13-7-4-8-14-22)30(36)34(31)28(25)32(37)39-29(23-15-9-5-10-16-23)24-17-11-6-12-18-24/h4-18,27,29,31H,2-3,19-20H2,1H3,(H,33,35)/t27?,31-/m1/s1. The fourth-order valence-corrected chi connectivity index (χ4v) is 6.21. The number of amides is 2. The van der Waals surface area contributed by atoms with Gasteiger partial charge in [-0.3, -0.25) is 14.5 Å². The predicted octanol–water partition coefficient (Wildman–Crippen LogP) is 4.77. The average molecular weight is 555 g/mol. The third-order valence-corrected chi connectivity index (χ3v) is 8.05. The summed E-state index contributed by atoms with van der Waals surface area (Å²) in [7, 11) is 0. The van der Waals surface area contributed by atoms with Crippen molar-refractivity contribution in [1.82, 2.24) is 10.2 Å². The molecule has 7 nitrogen and oxygen atoms in total. The molecule has 3 aromatic rings. The van der Waals surface area contributed by atoms with Gasteiger partial charge in [0.2, 0.25) is 5.91 Å². The molecule has 8 heteroatoms. The summed E-state index contributed by atoms with van der Waals surface area (Å²) >= 11 is 1.45. The van der Waals surface area contributed by atoms with Gasteiger partial charge in [-0.15, -0.1) is 11.8 Å². The number of carbonyl (C=O) groups is 3. The smallest absolute Gasteiger partial charge is 0.356 e. The number of hydrogen-bond donors (Lipinski definition) is 1. The largest absolute Gasteiger partial charge is 0.494 e. The van der Waals surface area contributed by atoms with E-state index in [1.807, 2.05) is 97.9 Å². The first-order valence-electron chi connectivity index (χ1n) is 13.1. The van der Waals surface area contributed by atoms with E-state index in [0.29, 0.717) is 23.7 Å². The maximum atomic E-state index is 13.9. The minimum Gasteiger partial charge on any atom is -0.494 e. The Morgan fingerprint density at radius 1 is 0.975 bits per heavy atom. The number of nitrogens with zero attached hydrogens (tertiary/aromatic N) is 1. The molecular formula is C32H30N2O5S. The van der Waals surface area contributed by atoms with E-state index < -0.39 is 23.5 Å². The molecule has 2 atom stereocenters. The highest BCUT2D eigenvalue weighted by Gasteiger charge is 2.55. The summed E-state index contributed by atoms with van der Waals surface area (Å²) in [6.45, 7) is 6.20. The molecule has 1 saturated heterocycles. The lowest BCUT2D eigenvalue weighted by atomic mass is 10.00. The summed E-state index contributed by atoms with van der Waals surface area (Å²) < 4.78 is 11.8. The number of carbonyl (C=O) groups excluding carboxylic acids is 3. The van der Waals surface area contributed by atoms with Crippen molar-refractivity contribution in [2.45, 2.75) is 30.9 Å². The van der Waals surface area contributed by atoms with E-state index in [4.69, 9.17) is 9.47 Å². The second-order valence-corrected chi connectivity index (χ2v) is 10.5. The Hall–Kier alpha value is -4.30. The molecule has 5 rings (SSSR count). The van der Waals surface area contributed by atoms with Crippen LogP contribution in [0.1, 0.15) is 29.7 Å². The molecule has 0 radical (unpaired) electrons. The van der Waals surface area contributed by atoms with Crippen molar-refractivity contribution in [3.8, 4) is 0 Å². The minimum atomic E-state index is -0.745. The molecule has 0 aliphatic carbocycles. The molecule has 2 heterocycles. The number of benzene rings is 3. The van der Waals surface area contributed by atoms with Crippen LogP contribution in [-0.4, -0.2) is 46.5 Å². The van der Waals surface area contributed by atoms with Gasteiger partial charge in [-0.2, -0.15) is 0 Å². The van der Waals surface area contributed by atoms with E-state index in [1.54, 1.807) is 0 Å². The molecule has 0 bridgehead atoms. The summed E-state index contributed by atoms with van der Waals surface area (Å²) in [5.41, 5.74) is 3.08. The van der Waals surface area contributed by atoms with Gasteiger partial charge >= 0.3 is 5.97 Å². The van der Waals surface area contributed by atoms with Gasteiger partial charge < -0.3 is 14.8 Å². The first-order chi connectivity index (χ1) is 19.5. The fraction of sp³-hybridized carbons (Fsp3) is 0.219. The number of β-lactam (4-membered cyclic amide) rings is 1. The van der Waals surface area contributed by atoms with Gasteiger partial charge in [0, 0.05) is 11.3 Å². The van der Waals surface area contributed by atoms with Crippen molar-refractivity contribution in [1.29, 1.82) is 0 Å². The lowest BCUT2D eigenvalue weighted by Gasteiger charge is -2.49. The van der Waals surface area contributed by atoms with Gasteiger partial charge in [-0.1, -0.05) is 97.6 Å². The zero-order chi connectivity index (χ0) is 28.1. The third kappa shape index (κ3) is 5.67. The van der Waals surface area contributed by atoms with Crippen molar-refractivity contribution in [3.63, 3.8) is 0 Å². The van der Waals surface area contributed by atoms with Gasteiger partial charge in [0.25, 0.3) is 5.91 Å². The second-order valence-electron chi connectivity index (χ2n) is 9.41. The van der Waals surface area contributed by atoms with Crippen molar-refractivity contribution in [2.75, 3.05) is 12.4 Å². The Kier molecular flexibility index (Phi) is 8.36. The highest BCUT2D eigenvalue weighted by molar-refractivity contribution is 8.00. The van der Waals surface area contributed by atoms with Gasteiger partial charge in [-0.25, -0.2) is 4.79 Å². The number of thioether (sulfide) groups is 1. The Morgan fingerprint density at radius 3 is 2.12 bits per heavy atom. The Bertz CT molecular complexity index is 1390. The Labute approximate surface area is 237 Å². The fourth-order valence-electron chi connectivity index (χ4n) is 4.84. The zero-order valence-corrected chi connectivity index (χ0v) is 22.9. The van der Waals surface area contributed by atoms with E-state index in [1.165, 1.54) is 16.7 Å². The minimum absolute atomic E-state index is 0.109. The van der Waals surface area contributed by atoms with Crippen LogP contribution in [0.4, 0.5) is 0 Å². The summed E-state index contributed by atoms with van der Waals surface area (Å²) in [5, 5.41) is 2.41. The van der Waals surface area contributed by atoms with Crippen LogP contribution < -0.4 is 5.32 Å². The molecule has 2 aliphatic heterocycles. The van der Waals surface area contributed by atoms with Crippen molar-refractivity contribution < 1.29 is 23.9 Å². The van der Waals surface area contributed by atoms with Gasteiger partial charge in [0.15, 0.2) is 6.10 Å². The number of allylic oxidation sites excluding steroid dienone is 1. The number of rotatable bonds is 10. The molecule has 3 aromatic carbocycles. The molecule has 1 fully saturated rings. The van der Waals surface area contributed by atoms with Crippen molar-refractivity contribution >= 4 is 29.5 Å². The van der Waals surface area contributed by atoms with Crippen LogP contribution in [0.25, 0.3) is 0 Å². The topological polar surface area (TPSA) is 84.9 Å². The summed E-state index contributed by atoms with van der Waals surface area (Å²) in [4.78, 5) is 41.5. The highest BCUT2D eigenvalue weighted by Crippen LogP contribution is 2.43. The van der Waals surface area contributed by atoms with Crippen LogP contribution in [0.15, 0.2) is 115 Å². The molecule has 2 aliphatic rings. The van der Waals surface area contributed by atoms with Crippen molar-refractivity contribution in [3.05, 3.63) is 131 Å². The van der Waals surface area contributed by atoms with E-state index in [9.17, 15) is 14.4 Å². The quantitative estimate of drug-likeness (QED) is 0.221. The maximum absolute atomic E-state index is 13.9. The van der Waals surface area contributed by atoms with Crippen molar-refractivity contribution in [2.24, 2.45) is 0 Å². The van der Waals surface area contributed by atoms with E-state index in [-0.39, 0.29) is 23.9 Å². The Balaban J connectivity index is 1.41. The lowest BCUT2D eigenvalue weighted by Crippen LogP contribution is -2.70. The first-order valence-corrected chi connectivity index (χ1v) is 14.2. The molecular weight excluding hydrogens is 524 g/mol. The monoisotopic (exact) mass is 554 g/mol. The maximum Gasteiger partial charge on any atom is 0.356 e. The molecule has 40 heavy (non-hydrogen) atoms. The molecule has 0 aromatic heterocycles. The molecule has 2 amide bonds. The molecule has 204 valence electrons. The molecule has 1 unspecified atom stereocenters. The van der Waals surface area contributed by atoms with E-state index in [2.05, 4.69) is 11.9 Å². The number of hydrogen-bond acceptors (Lipinski definition) is 6. The number of ether oxygens (including phenoxy) is 2. The van der Waals surface area contributed by atoms with Crippen LogP contribution >= 0.6 is 11.8 Å². The van der Waals surface area contributed by atoms with Crippen LogP contribution in [0, 0.1) is 0 Å². The van der Waals surface area contributed by atoms with Gasteiger partial charge in [0.05, 0.1) is 13.0 Å². The lowest BCUT2D eigenvalue weighted by molar-refractivity contribution is -0.154. The first kappa shape index (κ1) is 27.3. The number of fused-ring (bicyclic) bond motifs is 1. The molecule has 0 spiro atoms. The van der Waals surface area contributed by atoms with Gasteiger partial charge in [0.1, 0.15) is 22.9 Å². The normalized spacial score (nSPS) is 18.1. The van der Waals surface area contributed by atoms with Crippen LogP contribution in [-0.2, 0) is 30.3 Å². The summed E-state index contributed by atoms with van der Waals surface area (Å²) in [6, 6.07) is 27.5. The number of esters is 1. The number of nitrogens with one attached hydrogen (secondary N) is 1. The summed E-state index contributed by atoms with van der Waals surface area (Å²) in [5.74, 6) is -0.578. The highest BCUT2D eigenvalue weighted by atomic mass is 32.2. The average Bonchev–Trinajstić information content (AvgIpc) is 2.99. The van der Waals surface area contributed by atoms with E-state index >= 15 is 0 Å².